The molecule has 2 aromatic carbocycles. The lowest BCUT2D eigenvalue weighted by Crippen LogP contribution is -2.24. The Hall–Kier alpha value is -2.68. The van der Waals surface area contributed by atoms with Crippen molar-refractivity contribution in [2.75, 3.05) is 5.32 Å². The van der Waals surface area contributed by atoms with Gasteiger partial charge in [0.15, 0.2) is 0 Å². The van der Waals surface area contributed by atoms with Crippen LogP contribution in [0.4, 0.5) is 10.1 Å². The third-order valence-corrected chi connectivity index (χ3v) is 5.83. The molecule has 0 unspecified atom stereocenters. The van der Waals surface area contributed by atoms with Crippen LogP contribution in [0, 0.1) is 12.7 Å². The van der Waals surface area contributed by atoms with Crippen LogP contribution in [0.1, 0.15) is 21.7 Å². The Morgan fingerprint density at radius 1 is 1.18 bits per heavy atom. The lowest BCUT2D eigenvalue weighted by Gasteiger charge is -2.11. The fraction of sp³-hybridized carbons (Fsp3) is 0.105. The molecule has 0 aliphatic rings. The number of aryl methyl sites for hydroxylation is 1. The number of furan rings is 1. The first-order valence-corrected chi connectivity index (χ1v) is 10.0. The number of carbonyl (C=O) groups is 1. The Morgan fingerprint density at radius 3 is 2.68 bits per heavy atom. The fourth-order valence-electron chi connectivity index (χ4n) is 2.43. The Labute approximate surface area is 166 Å². The molecule has 1 heterocycles. The van der Waals surface area contributed by atoms with Gasteiger partial charge in [0.1, 0.15) is 16.5 Å². The summed E-state index contributed by atoms with van der Waals surface area (Å²) in [4.78, 5) is 12.3. The molecule has 0 atom stereocenters. The zero-order valence-electron chi connectivity index (χ0n) is 14.7. The minimum absolute atomic E-state index is 0.0366. The number of hydrogen-bond donors (Lipinski definition) is 2. The Morgan fingerprint density at radius 2 is 1.96 bits per heavy atom. The average Bonchev–Trinajstić information content (AvgIpc) is 3.17. The van der Waals surface area contributed by atoms with Crippen molar-refractivity contribution in [3.05, 3.63) is 82.5 Å². The highest BCUT2D eigenvalue weighted by Gasteiger charge is 2.21. The van der Waals surface area contributed by atoms with Gasteiger partial charge in [0.25, 0.3) is 5.91 Å². The molecule has 0 radical (unpaired) electrons. The summed E-state index contributed by atoms with van der Waals surface area (Å²) in [7, 11) is -3.99. The molecule has 3 rings (SSSR count). The molecule has 0 aliphatic carbocycles. The number of rotatable bonds is 6. The molecule has 28 heavy (non-hydrogen) atoms. The number of halogens is 2. The van der Waals surface area contributed by atoms with Crippen LogP contribution in [0.5, 0.6) is 0 Å². The molecule has 0 saturated carbocycles. The quantitative estimate of drug-likeness (QED) is 0.625. The Kier molecular flexibility index (Phi) is 5.83. The van der Waals surface area contributed by atoms with E-state index in [-0.39, 0.29) is 22.0 Å². The highest BCUT2D eigenvalue weighted by Crippen LogP contribution is 2.24. The number of amides is 1. The van der Waals surface area contributed by atoms with E-state index in [0.29, 0.717) is 17.0 Å². The van der Waals surface area contributed by atoms with Gasteiger partial charge in [0.05, 0.1) is 17.8 Å². The molecule has 0 aliphatic heterocycles. The first-order valence-electron chi connectivity index (χ1n) is 8.15. The summed E-state index contributed by atoms with van der Waals surface area (Å²) >= 11 is 6.03. The van der Waals surface area contributed by atoms with E-state index in [2.05, 4.69) is 10.0 Å². The maximum atomic E-state index is 13.4. The molecule has 6 nitrogen and oxygen atoms in total. The fourth-order valence-corrected chi connectivity index (χ4v) is 3.95. The van der Waals surface area contributed by atoms with E-state index >= 15 is 0 Å². The molecule has 0 fully saturated rings. The van der Waals surface area contributed by atoms with Gasteiger partial charge in [-0.3, -0.25) is 4.79 Å². The van der Waals surface area contributed by atoms with E-state index in [0.717, 1.165) is 6.07 Å². The maximum absolute atomic E-state index is 13.4. The van der Waals surface area contributed by atoms with Crippen molar-refractivity contribution in [2.45, 2.75) is 18.4 Å². The van der Waals surface area contributed by atoms with Gasteiger partial charge < -0.3 is 9.73 Å². The summed E-state index contributed by atoms with van der Waals surface area (Å²) in [5, 5.41) is 2.53. The normalized spacial score (nSPS) is 11.4. The van der Waals surface area contributed by atoms with Crippen molar-refractivity contribution in [1.29, 1.82) is 0 Å². The van der Waals surface area contributed by atoms with Crippen molar-refractivity contribution >= 4 is 33.2 Å². The van der Waals surface area contributed by atoms with Crippen molar-refractivity contribution < 1.29 is 22.0 Å². The third-order valence-electron chi connectivity index (χ3n) is 3.95. The van der Waals surface area contributed by atoms with Crippen LogP contribution in [0.3, 0.4) is 0 Å². The van der Waals surface area contributed by atoms with Crippen molar-refractivity contribution in [1.82, 2.24) is 4.72 Å². The number of nitrogens with one attached hydrogen (secondary N) is 2. The van der Waals surface area contributed by atoms with Crippen LogP contribution in [0.25, 0.3) is 0 Å². The molecular formula is C19H16ClFN2O4S. The predicted octanol–water partition coefficient (Wildman–Crippen LogP) is 4.11. The second-order valence-electron chi connectivity index (χ2n) is 5.96. The van der Waals surface area contributed by atoms with E-state index < -0.39 is 21.7 Å². The van der Waals surface area contributed by atoms with Gasteiger partial charge in [-0.15, -0.1) is 0 Å². The minimum atomic E-state index is -3.99. The van der Waals surface area contributed by atoms with Crippen molar-refractivity contribution in [2.24, 2.45) is 0 Å². The van der Waals surface area contributed by atoms with Crippen LogP contribution in [-0.4, -0.2) is 14.3 Å². The molecule has 1 amide bonds. The number of anilines is 1. The lowest BCUT2D eigenvalue weighted by molar-refractivity contribution is 0.102. The van der Waals surface area contributed by atoms with Gasteiger partial charge >= 0.3 is 0 Å². The van der Waals surface area contributed by atoms with Crippen LogP contribution in [-0.2, 0) is 16.6 Å². The number of hydrogen-bond acceptors (Lipinski definition) is 4. The van der Waals surface area contributed by atoms with Gasteiger partial charge in [-0.2, -0.15) is 0 Å². The summed E-state index contributed by atoms with van der Waals surface area (Å²) in [5.41, 5.74) is 1.02. The molecular weight excluding hydrogens is 407 g/mol. The van der Waals surface area contributed by atoms with Gasteiger partial charge in [-0.05, 0) is 55.0 Å². The van der Waals surface area contributed by atoms with E-state index in [9.17, 15) is 17.6 Å². The third kappa shape index (κ3) is 4.59. The number of carbonyl (C=O) groups excluding carboxylic acids is 1. The largest absolute Gasteiger partial charge is 0.468 e. The smallest absolute Gasteiger partial charge is 0.255 e. The molecule has 1 aromatic heterocycles. The first-order chi connectivity index (χ1) is 13.3. The second-order valence-corrected chi connectivity index (χ2v) is 8.11. The number of sulfonamides is 1. The van der Waals surface area contributed by atoms with E-state index in [1.54, 1.807) is 19.1 Å². The van der Waals surface area contributed by atoms with Crippen LogP contribution >= 0.6 is 11.6 Å². The van der Waals surface area contributed by atoms with Gasteiger partial charge in [-0.25, -0.2) is 17.5 Å². The summed E-state index contributed by atoms with van der Waals surface area (Å²) in [6.45, 7) is 1.65. The minimum Gasteiger partial charge on any atom is -0.468 e. The summed E-state index contributed by atoms with van der Waals surface area (Å²) in [6, 6.07) is 11.1. The SMILES string of the molecule is Cc1ccc(F)cc1NC(=O)c1ccc(Cl)c(S(=O)(=O)NCc2ccco2)c1. The Balaban J connectivity index is 1.84. The number of benzene rings is 2. The summed E-state index contributed by atoms with van der Waals surface area (Å²) in [5.74, 6) is -0.662. The second kappa shape index (κ2) is 8.14. The van der Waals surface area contributed by atoms with Gasteiger partial charge in [0.2, 0.25) is 10.0 Å². The predicted molar refractivity (Wildman–Crippen MR) is 103 cm³/mol. The van der Waals surface area contributed by atoms with E-state index in [1.165, 1.54) is 36.6 Å². The molecule has 0 bridgehead atoms. The molecule has 2 N–H and O–H groups in total. The van der Waals surface area contributed by atoms with Crippen LogP contribution < -0.4 is 10.0 Å². The molecule has 0 saturated heterocycles. The maximum Gasteiger partial charge on any atom is 0.255 e. The van der Waals surface area contributed by atoms with Crippen LogP contribution in [0.15, 0.2) is 64.1 Å². The Bertz CT molecular complexity index is 1110. The topological polar surface area (TPSA) is 88.4 Å². The standard InChI is InChI=1S/C19H16ClFN2O4S/c1-12-4-6-14(21)10-17(12)23-19(24)13-5-7-16(20)18(9-13)28(25,26)22-11-15-3-2-8-27-15/h2-10,22H,11H2,1H3,(H,23,24). The average molecular weight is 423 g/mol. The van der Waals surface area contributed by atoms with Gasteiger partial charge in [-0.1, -0.05) is 17.7 Å². The zero-order chi connectivity index (χ0) is 20.3. The molecule has 0 spiro atoms. The van der Waals surface area contributed by atoms with Crippen LogP contribution in [0.2, 0.25) is 5.02 Å². The van der Waals surface area contributed by atoms with E-state index in [4.69, 9.17) is 16.0 Å². The molecule has 9 heteroatoms. The molecule has 3 aromatic rings. The summed E-state index contributed by atoms with van der Waals surface area (Å²) < 4.78 is 46.0. The monoisotopic (exact) mass is 422 g/mol. The lowest BCUT2D eigenvalue weighted by atomic mass is 10.1. The van der Waals surface area contributed by atoms with Crippen molar-refractivity contribution in [3.63, 3.8) is 0 Å². The van der Waals surface area contributed by atoms with Gasteiger partial charge in [0, 0.05) is 11.3 Å². The van der Waals surface area contributed by atoms with E-state index in [1.807, 2.05) is 0 Å². The van der Waals surface area contributed by atoms with Crippen molar-refractivity contribution in [3.8, 4) is 0 Å². The zero-order valence-corrected chi connectivity index (χ0v) is 16.3. The highest BCUT2D eigenvalue weighted by atomic mass is 35.5. The molecule has 146 valence electrons. The summed E-state index contributed by atoms with van der Waals surface area (Å²) in [6.07, 6.45) is 1.43. The highest BCUT2D eigenvalue weighted by molar-refractivity contribution is 7.89. The first kappa shape index (κ1) is 20.1.